The first-order valence-electron chi connectivity index (χ1n) is 5.60. The zero-order valence-corrected chi connectivity index (χ0v) is 11.1. The molecule has 0 aliphatic carbocycles. The SMILES string of the molecule is Cc1ccc([N+](=O)[O-])c(Sc2ccc(CO)cc2)n1. The van der Waals surface area contributed by atoms with Gasteiger partial charge in [-0.1, -0.05) is 23.9 Å². The molecule has 0 bridgehead atoms. The summed E-state index contributed by atoms with van der Waals surface area (Å²) in [5.74, 6) is 0. The lowest BCUT2D eigenvalue weighted by Gasteiger charge is -2.04. The average Bonchev–Trinajstić information content (AvgIpc) is 2.39. The van der Waals surface area contributed by atoms with Crippen LogP contribution in [0.25, 0.3) is 0 Å². The van der Waals surface area contributed by atoms with Crippen LogP contribution in [0, 0.1) is 17.0 Å². The largest absolute Gasteiger partial charge is 0.392 e. The Hall–Kier alpha value is -1.92. The van der Waals surface area contributed by atoms with E-state index in [1.165, 1.54) is 17.8 Å². The van der Waals surface area contributed by atoms with Crippen molar-refractivity contribution in [2.24, 2.45) is 0 Å². The molecule has 0 atom stereocenters. The monoisotopic (exact) mass is 276 g/mol. The highest BCUT2D eigenvalue weighted by atomic mass is 32.2. The molecular weight excluding hydrogens is 264 g/mol. The fourth-order valence-corrected chi connectivity index (χ4v) is 2.45. The van der Waals surface area contributed by atoms with Crippen LogP contribution in [-0.4, -0.2) is 15.0 Å². The zero-order chi connectivity index (χ0) is 13.8. The summed E-state index contributed by atoms with van der Waals surface area (Å²) in [5.41, 5.74) is 1.54. The lowest BCUT2D eigenvalue weighted by atomic mass is 10.2. The summed E-state index contributed by atoms with van der Waals surface area (Å²) in [7, 11) is 0. The maximum absolute atomic E-state index is 10.9. The lowest BCUT2D eigenvalue weighted by Crippen LogP contribution is -1.94. The average molecular weight is 276 g/mol. The number of rotatable bonds is 4. The van der Waals surface area contributed by atoms with Crippen LogP contribution in [0.4, 0.5) is 5.69 Å². The molecule has 98 valence electrons. The molecule has 6 heteroatoms. The minimum absolute atomic E-state index is 0.00170. The first-order chi connectivity index (χ1) is 9.10. The number of nitro groups is 1. The van der Waals surface area contributed by atoms with E-state index >= 15 is 0 Å². The van der Waals surface area contributed by atoms with Crippen LogP contribution in [0.2, 0.25) is 0 Å². The molecule has 2 aromatic rings. The standard InChI is InChI=1S/C13H12N2O3S/c1-9-2-7-12(15(17)18)13(14-9)19-11-5-3-10(8-16)4-6-11/h2-7,16H,8H2,1H3. The fraction of sp³-hybridized carbons (Fsp3) is 0.154. The van der Waals surface area contributed by atoms with Gasteiger partial charge in [0.05, 0.1) is 11.5 Å². The Morgan fingerprint density at radius 3 is 2.53 bits per heavy atom. The van der Waals surface area contributed by atoms with Gasteiger partial charge < -0.3 is 5.11 Å². The maximum atomic E-state index is 10.9. The molecular formula is C13H12N2O3S. The van der Waals surface area contributed by atoms with E-state index in [2.05, 4.69) is 4.98 Å². The van der Waals surface area contributed by atoms with Crippen LogP contribution in [-0.2, 0) is 6.61 Å². The van der Waals surface area contributed by atoms with Crippen LogP contribution in [0.3, 0.4) is 0 Å². The van der Waals surface area contributed by atoms with Gasteiger partial charge in [-0.15, -0.1) is 0 Å². The topological polar surface area (TPSA) is 76.3 Å². The van der Waals surface area contributed by atoms with Gasteiger partial charge in [-0.2, -0.15) is 0 Å². The summed E-state index contributed by atoms with van der Waals surface area (Å²) in [5, 5.41) is 20.3. The molecule has 1 N–H and O–H groups in total. The van der Waals surface area contributed by atoms with Gasteiger partial charge in [0, 0.05) is 16.7 Å². The summed E-state index contributed by atoms with van der Waals surface area (Å²) in [4.78, 5) is 15.6. The van der Waals surface area contributed by atoms with Gasteiger partial charge in [0.25, 0.3) is 0 Å². The molecule has 0 radical (unpaired) electrons. The van der Waals surface area contributed by atoms with E-state index in [-0.39, 0.29) is 12.3 Å². The molecule has 0 spiro atoms. The van der Waals surface area contributed by atoms with Gasteiger partial charge >= 0.3 is 5.69 Å². The number of hydrogen-bond acceptors (Lipinski definition) is 5. The number of aromatic nitrogens is 1. The number of pyridine rings is 1. The molecule has 1 heterocycles. The zero-order valence-electron chi connectivity index (χ0n) is 10.2. The molecule has 0 amide bonds. The van der Waals surface area contributed by atoms with E-state index < -0.39 is 4.92 Å². The van der Waals surface area contributed by atoms with E-state index in [9.17, 15) is 10.1 Å². The molecule has 19 heavy (non-hydrogen) atoms. The fourth-order valence-electron chi connectivity index (χ4n) is 1.51. The Bertz CT molecular complexity index is 599. The number of aryl methyl sites for hydroxylation is 1. The van der Waals surface area contributed by atoms with Crippen molar-refractivity contribution in [1.82, 2.24) is 4.98 Å². The second-order valence-electron chi connectivity index (χ2n) is 3.94. The Kier molecular flexibility index (Phi) is 4.13. The molecule has 1 aromatic heterocycles. The molecule has 1 aromatic carbocycles. The Labute approximate surface area is 114 Å². The maximum Gasteiger partial charge on any atom is 0.301 e. The van der Waals surface area contributed by atoms with Gasteiger partial charge in [-0.05, 0) is 30.7 Å². The Morgan fingerprint density at radius 1 is 1.26 bits per heavy atom. The predicted octanol–water partition coefficient (Wildman–Crippen LogP) is 2.94. The predicted molar refractivity (Wildman–Crippen MR) is 72.1 cm³/mol. The molecule has 0 fully saturated rings. The second kappa shape index (κ2) is 5.81. The van der Waals surface area contributed by atoms with E-state index in [0.717, 1.165) is 16.2 Å². The highest BCUT2D eigenvalue weighted by Crippen LogP contribution is 2.33. The minimum Gasteiger partial charge on any atom is -0.392 e. The smallest absolute Gasteiger partial charge is 0.301 e. The van der Waals surface area contributed by atoms with Crippen molar-refractivity contribution in [3.05, 3.63) is 57.8 Å². The van der Waals surface area contributed by atoms with Crippen molar-refractivity contribution in [3.8, 4) is 0 Å². The van der Waals surface area contributed by atoms with Crippen molar-refractivity contribution >= 4 is 17.4 Å². The molecule has 0 aliphatic rings. The summed E-state index contributed by atoms with van der Waals surface area (Å²) in [6.45, 7) is 1.77. The van der Waals surface area contributed by atoms with E-state index in [1.807, 2.05) is 12.1 Å². The van der Waals surface area contributed by atoms with Crippen molar-refractivity contribution in [2.45, 2.75) is 23.5 Å². The van der Waals surface area contributed by atoms with E-state index in [1.54, 1.807) is 25.1 Å². The molecule has 0 saturated carbocycles. The van der Waals surface area contributed by atoms with Gasteiger partial charge in [0.15, 0.2) is 5.03 Å². The third-order valence-electron chi connectivity index (χ3n) is 2.50. The number of aliphatic hydroxyl groups excluding tert-OH is 1. The van der Waals surface area contributed by atoms with Gasteiger partial charge in [-0.25, -0.2) is 4.98 Å². The van der Waals surface area contributed by atoms with Gasteiger partial charge in [0.2, 0.25) is 0 Å². The first kappa shape index (κ1) is 13.5. The van der Waals surface area contributed by atoms with Crippen LogP contribution in [0.5, 0.6) is 0 Å². The first-order valence-corrected chi connectivity index (χ1v) is 6.41. The van der Waals surface area contributed by atoms with Crippen LogP contribution >= 0.6 is 11.8 Å². The number of nitrogens with zero attached hydrogens (tertiary/aromatic N) is 2. The summed E-state index contributed by atoms with van der Waals surface area (Å²) in [6.07, 6.45) is 0. The third kappa shape index (κ3) is 3.30. The van der Waals surface area contributed by atoms with Crippen molar-refractivity contribution in [2.75, 3.05) is 0 Å². The number of aliphatic hydroxyl groups is 1. The molecule has 2 rings (SSSR count). The van der Waals surface area contributed by atoms with Gasteiger partial charge in [-0.3, -0.25) is 10.1 Å². The molecule has 0 aliphatic heterocycles. The second-order valence-corrected chi connectivity index (χ2v) is 5.00. The quantitative estimate of drug-likeness (QED) is 0.686. The van der Waals surface area contributed by atoms with Crippen LogP contribution in [0.15, 0.2) is 46.3 Å². The van der Waals surface area contributed by atoms with E-state index in [4.69, 9.17) is 5.11 Å². The summed E-state index contributed by atoms with van der Waals surface area (Å²) >= 11 is 1.24. The van der Waals surface area contributed by atoms with Crippen LogP contribution < -0.4 is 0 Å². The highest BCUT2D eigenvalue weighted by Gasteiger charge is 2.16. The van der Waals surface area contributed by atoms with Crippen LogP contribution in [0.1, 0.15) is 11.3 Å². The normalized spacial score (nSPS) is 10.4. The van der Waals surface area contributed by atoms with Gasteiger partial charge in [0.1, 0.15) is 0 Å². The lowest BCUT2D eigenvalue weighted by molar-refractivity contribution is -0.388. The van der Waals surface area contributed by atoms with E-state index in [0.29, 0.717) is 5.03 Å². The number of benzene rings is 1. The van der Waals surface area contributed by atoms with Crippen molar-refractivity contribution < 1.29 is 10.0 Å². The summed E-state index contributed by atoms with van der Waals surface area (Å²) < 4.78 is 0. The number of hydrogen-bond donors (Lipinski definition) is 1. The molecule has 5 nitrogen and oxygen atoms in total. The highest BCUT2D eigenvalue weighted by molar-refractivity contribution is 7.99. The third-order valence-corrected chi connectivity index (χ3v) is 3.50. The Balaban J connectivity index is 2.31. The minimum atomic E-state index is -0.434. The molecule has 0 saturated heterocycles. The van der Waals surface area contributed by atoms with Crippen molar-refractivity contribution in [1.29, 1.82) is 0 Å². The summed E-state index contributed by atoms with van der Waals surface area (Å²) in [6, 6.07) is 10.3. The Morgan fingerprint density at radius 2 is 1.95 bits per heavy atom. The molecule has 0 unspecified atom stereocenters. The van der Waals surface area contributed by atoms with Crippen molar-refractivity contribution in [3.63, 3.8) is 0 Å².